The van der Waals surface area contributed by atoms with E-state index in [1.807, 2.05) is 18.2 Å². The lowest BCUT2D eigenvalue weighted by Gasteiger charge is -2.19. The molecule has 0 atom stereocenters. The van der Waals surface area contributed by atoms with E-state index in [1.54, 1.807) is 0 Å². The first kappa shape index (κ1) is 13.4. The lowest BCUT2D eigenvalue weighted by atomic mass is 10.2. The van der Waals surface area contributed by atoms with Crippen LogP contribution in [0.4, 0.5) is 0 Å². The Morgan fingerprint density at radius 3 is 3.00 bits per heavy atom. The van der Waals surface area contributed by atoms with Crippen LogP contribution >= 0.6 is 0 Å². The fraction of sp³-hybridized carbons (Fsp3) is 0.600. The summed E-state index contributed by atoms with van der Waals surface area (Å²) in [7, 11) is 0. The van der Waals surface area contributed by atoms with E-state index in [1.165, 1.54) is 25.1 Å². The summed E-state index contributed by atoms with van der Waals surface area (Å²) in [5.41, 5.74) is 1.22. The van der Waals surface area contributed by atoms with Crippen LogP contribution in [0.1, 0.15) is 18.4 Å². The summed E-state index contributed by atoms with van der Waals surface area (Å²) < 4.78 is 5.82. The predicted molar refractivity (Wildman–Crippen MR) is 75.2 cm³/mol. The largest absolute Gasteiger partial charge is 0.493 e. The third-order valence-electron chi connectivity index (χ3n) is 3.40. The van der Waals surface area contributed by atoms with Gasteiger partial charge in [-0.1, -0.05) is 18.2 Å². The normalized spacial score (nSPS) is 17.4. The maximum absolute atomic E-state index is 5.82. The van der Waals surface area contributed by atoms with Gasteiger partial charge in [0.2, 0.25) is 0 Å². The first-order chi connectivity index (χ1) is 8.86. The minimum absolute atomic E-state index is 0.814. The molecule has 1 heterocycles. The van der Waals surface area contributed by atoms with Crippen molar-refractivity contribution in [3.8, 4) is 5.75 Å². The van der Waals surface area contributed by atoms with Crippen LogP contribution in [-0.2, 0) is 0 Å². The molecule has 0 unspecified atom stereocenters. The van der Waals surface area contributed by atoms with E-state index >= 15 is 0 Å². The van der Waals surface area contributed by atoms with E-state index in [-0.39, 0.29) is 0 Å². The summed E-state index contributed by atoms with van der Waals surface area (Å²) in [6.07, 6.45) is 2.37. The zero-order valence-corrected chi connectivity index (χ0v) is 11.3. The molecule has 0 amide bonds. The fourth-order valence-corrected chi connectivity index (χ4v) is 2.31. The third kappa shape index (κ3) is 4.31. The van der Waals surface area contributed by atoms with Crippen molar-refractivity contribution in [2.75, 3.05) is 39.3 Å². The van der Waals surface area contributed by atoms with Crippen LogP contribution in [0.5, 0.6) is 5.75 Å². The van der Waals surface area contributed by atoms with Crippen LogP contribution in [0.2, 0.25) is 0 Å². The average Bonchev–Trinajstić information content (AvgIpc) is 2.65. The standard InChI is InChI=1S/C15H24N2O/c1-14-6-2-3-7-15(14)18-13-5-11-17-10-4-8-16-9-12-17/h2-3,6-7,16H,4-5,8-13H2,1H3. The molecule has 1 fully saturated rings. The molecule has 0 spiro atoms. The molecule has 3 nitrogen and oxygen atoms in total. The molecule has 2 rings (SSSR count). The molecule has 1 aliphatic heterocycles. The van der Waals surface area contributed by atoms with Gasteiger partial charge in [0.05, 0.1) is 6.61 Å². The number of para-hydroxylation sites is 1. The number of aryl methyl sites for hydroxylation is 1. The highest BCUT2D eigenvalue weighted by Crippen LogP contribution is 2.16. The highest BCUT2D eigenvalue weighted by molar-refractivity contribution is 5.31. The molecular weight excluding hydrogens is 224 g/mol. The minimum Gasteiger partial charge on any atom is -0.493 e. The van der Waals surface area contributed by atoms with Gasteiger partial charge in [0.15, 0.2) is 0 Å². The molecule has 1 aromatic carbocycles. The highest BCUT2D eigenvalue weighted by atomic mass is 16.5. The Hall–Kier alpha value is -1.06. The summed E-state index contributed by atoms with van der Waals surface area (Å²) >= 11 is 0. The van der Waals surface area contributed by atoms with Gasteiger partial charge in [-0.05, 0) is 44.5 Å². The molecule has 0 radical (unpaired) electrons. The van der Waals surface area contributed by atoms with Gasteiger partial charge in [0.25, 0.3) is 0 Å². The Morgan fingerprint density at radius 2 is 2.11 bits per heavy atom. The Bertz CT molecular complexity index is 346. The lowest BCUT2D eigenvalue weighted by Crippen LogP contribution is -2.29. The van der Waals surface area contributed by atoms with Crippen LogP contribution < -0.4 is 10.1 Å². The van der Waals surface area contributed by atoms with Crippen molar-refractivity contribution in [1.29, 1.82) is 0 Å². The molecule has 0 bridgehead atoms. The summed E-state index contributed by atoms with van der Waals surface area (Å²) in [6.45, 7) is 8.73. The minimum atomic E-state index is 0.814. The quantitative estimate of drug-likeness (QED) is 0.807. The molecule has 3 heteroatoms. The molecule has 18 heavy (non-hydrogen) atoms. The highest BCUT2D eigenvalue weighted by Gasteiger charge is 2.07. The van der Waals surface area contributed by atoms with Crippen LogP contribution in [0.3, 0.4) is 0 Å². The maximum atomic E-state index is 5.82. The summed E-state index contributed by atoms with van der Waals surface area (Å²) in [4.78, 5) is 2.53. The van der Waals surface area contributed by atoms with Gasteiger partial charge < -0.3 is 15.0 Å². The molecule has 1 aromatic rings. The summed E-state index contributed by atoms with van der Waals surface area (Å²) in [5.74, 6) is 1.02. The van der Waals surface area contributed by atoms with Crippen LogP contribution in [0.25, 0.3) is 0 Å². The Kier molecular flexibility index (Phi) is 5.49. The van der Waals surface area contributed by atoms with E-state index in [9.17, 15) is 0 Å². The molecule has 1 aliphatic rings. The number of nitrogens with one attached hydrogen (secondary N) is 1. The Labute approximate surface area is 110 Å². The van der Waals surface area contributed by atoms with Crippen LogP contribution in [-0.4, -0.2) is 44.2 Å². The average molecular weight is 248 g/mol. The van der Waals surface area contributed by atoms with Gasteiger partial charge in [-0.15, -0.1) is 0 Å². The zero-order valence-electron chi connectivity index (χ0n) is 11.3. The number of hydrogen-bond donors (Lipinski definition) is 1. The van der Waals surface area contributed by atoms with Gasteiger partial charge >= 0.3 is 0 Å². The van der Waals surface area contributed by atoms with Crippen molar-refractivity contribution >= 4 is 0 Å². The first-order valence-corrected chi connectivity index (χ1v) is 6.98. The van der Waals surface area contributed by atoms with Crippen molar-refractivity contribution in [3.63, 3.8) is 0 Å². The topological polar surface area (TPSA) is 24.5 Å². The van der Waals surface area contributed by atoms with Crippen molar-refractivity contribution in [2.45, 2.75) is 19.8 Å². The molecule has 0 aromatic heterocycles. The van der Waals surface area contributed by atoms with E-state index < -0.39 is 0 Å². The second-order valence-electron chi connectivity index (χ2n) is 4.91. The number of benzene rings is 1. The lowest BCUT2D eigenvalue weighted by molar-refractivity contribution is 0.243. The molecule has 0 aliphatic carbocycles. The number of rotatable bonds is 5. The smallest absolute Gasteiger partial charge is 0.122 e. The van der Waals surface area contributed by atoms with Crippen molar-refractivity contribution in [3.05, 3.63) is 29.8 Å². The fourth-order valence-electron chi connectivity index (χ4n) is 2.31. The predicted octanol–water partition coefficient (Wildman–Crippen LogP) is 2.06. The summed E-state index contributed by atoms with van der Waals surface area (Å²) in [5, 5.41) is 3.43. The van der Waals surface area contributed by atoms with Crippen molar-refractivity contribution in [1.82, 2.24) is 10.2 Å². The molecule has 100 valence electrons. The van der Waals surface area contributed by atoms with Crippen LogP contribution in [0.15, 0.2) is 24.3 Å². The summed E-state index contributed by atoms with van der Waals surface area (Å²) in [6, 6.07) is 8.22. The van der Waals surface area contributed by atoms with Crippen molar-refractivity contribution in [2.24, 2.45) is 0 Å². The van der Waals surface area contributed by atoms with Gasteiger partial charge in [0, 0.05) is 19.6 Å². The van der Waals surface area contributed by atoms with Gasteiger partial charge in [-0.2, -0.15) is 0 Å². The van der Waals surface area contributed by atoms with E-state index in [2.05, 4.69) is 23.2 Å². The van der Waals surface area contributed by atoms with Gasteiger partial charge in [0.1, 0.15) is 5.75 Å². The van der Waals surface area contributed by atoms with Gasteiger partial charge in [-0.3, -0.25) is 0 Å². The number of ether oxygens (including phenoxy) is 1. The number of hydrogen-bond acceptors (Lipinski definition) is 3. The zero-order chi connectivity index (χ0) is 12.6. The molecular formula is C15H24N2O. The Balaban J connectivity index is 1.65. The molecule has 1 N–H and O–H groups in total. The SMILES string of the molecule is Cc1ccccc1OCCCN1CCCNCC1. The van der Waals surface area contributed by atoms with E-state index in [4.69, 9.17) is 4.74 Å². The van der Waals surface area contributed by atoms with E-state index in [0.29, 0.717) is 0 Å². The third-order valence-corrected chi connectivity index (χ3v) is 3.40. The monoisotopic (exact) mass is 248 g/mol. The van der Waals surface area contributed by atoms with Crippen molar-refractivity contribution < 1.29 is 4.74 Å². The van der Waals surface area contributed by atoms with Gasteiger partial charge in [-0.25, -0.2) is 0 Å². The second kappa shape index (κ2) is 7.39. The van der Waals surface area contributed by atoms with E-state index in [0.717, 1.165) is 38.4 Å². The molecule has 1 saturated heterocycles. The Morgan fingerprint density at radius 1 is 1.22 bits per heavy atom. The first-order valence-electron chi connectivity index (χ1n) is 6.98. The van der Waals surface area contributed by atoms with Crippen LogP contribution in [0, 0.1) is 6.92 Å². The second-order valence-corrected chi connectivity index (χ2v) is 4.91. The maximum Gasteiger partial charge on any atom is 0.122 e. The molecule has 0 saturated carbocycles. The number of nitrogens with zero attached hydrogens (tertiary/aromatic N) is 1.